The van der Waals surface area contributed by atoms with E-state index >= 15 is 0 Å². The summed E-state index contributed by atoms with van der Waals surface area (Å²) in [6.45, 7) is 2.92. The molecule has 1 fully saturated rings. The van der Waals surface area contributed by atoms with Crippen LogP contribution in [-0.2, 0) is 6.54 Å². The highest BCUT2D eigenvalue weighted by molar-refractivity contribution is 9.10. The van der Waals surface area contributed by atoms with Gasteiger partial charge in [0.15, 0.2) is 5.78 Å². The summed E-state index contributed by atoms with van der Waals surface area (Å²) in [5.74, 6) is 1.01. The van der Waals surface area contributed by atoms with Gasteiger partial charge in [-0.3, -0.25) is 9.48 Å². The van der Waals surface area contributed by atoms with Crippen LogP contribution in [0.15, 0.2) is 10.7 Å². The minimum Gasteiger partial charge on any atom is -0.292 e. The second-order valence-corrected chi connectivity index (χ2v) is 6.03. The van der Waals surface area contributed by atoms with E-state index in [-0.39, 0.29) is 5.78 Å². The molecule has 0 unspecified atom stereocenters. The van der Waals surface area contributed by atoms with Crippen molar-refractivity contribution in [2.75, 3.05) is 0 Å². The molecule has 3 nitrogen and oxygen atoms in total. The fourth-order valence-electron chi connectivity index (χ4n) is 2.77. The van der Waals surface area contributed by atoms with Gasteiger partial charge < -0.3 is 0 Å². The van der Waals surface area contributed by atoms with Gasteiger partial charge in [-0.25, -0.2) is 0 Å². The Labute approximate surface area is 117 Å². The topological polar surface area (TPSA) is 34.9 Å². The first-order valence-electron chi connectivity index (χ1n) is 6.97. The molecule has 0 radical (unpaired) electrons. The summed E-state index contributed by atoms with van der Waals surface area (Å²) in [7, 11) is 0. The Bertz CT molecular complexity index is 408. The minimum atomic E-state index is 0.236. The molecule has 1 aliphatic rings. The summed E-state index contributed by atoms with van der Waals surface area (Å²) < 4.78 is 2.67. The molecule has 0 aromatic carbocycles. The molecule has 0 atom stereocenters. The van der Waals surface area contributed by atoms with Crippen LogP contribution in [-0.4, -0.2) is 15.6 Å². The number of Topliss-reactive ketones (excluding diaryl/α,β-unsaturated/α-hetero) is 1. The van der Waals surface area contributed by atoms with Crippen molar-refractivity contribution in [1.82, 2.24) is 9.78 Å². The van der Waals surface area contributed by atoms with Crippen molar-refractivity contribution in [3.8, 4) is 0 Å². The number of carbonyl (C=O) groups is 1. The van der Waals surface area contributed by atoms with Crippen LogP contribution in [0.2, 0.25) is 0 Å². The highest BCUT2D eigenvalue weighted by atomic mass is 79.9. The van der Waals surface area contributed by atoms with Crippen LogP contribution in [0.3, 0.4) is 0 Å². The minimum absolute atomic E-state index is 0.236. The summed E-state index contributed by atoms with van der Waals surface area (Å²) in [6.07, 6.45) is 9.74. The Hall–Kier alpha value is -0.640. The second-order valence-electron chi connectivity index (χ2n) is 5.18. The number of halogens is 1. The Kier molecular flexibility index (Phi) is 4.98. The molecule has 1 aromatic rings. The van der Waals surface area contributed by atoms with Crippen molar-refractivity contribution in [1.29, 1.82) is 0 Å². The van der Waals surface area contributed by atoms with Crippen LogP contribution in [0.5, 0.6) is 0 Å². The Morgan fingerprint density at radius 3 is 2.89 bits per heavy atom. The molecule has 1 saturated carbocycles. The third kappa shape index (κ3) is 3.22. The lowest BCUT2D eigenvalue weighted by atomic mass is 9.99. The summed E-state index contributed by atoms with van der Waals surface area (Å²) in [5, 5.41) is 4.26. The van der Waals surface area contributed by atoms with Crippen LogP contribution in [0.1, 0.15) is 62.4 Å². The first kappa shape index (κ1) is 13.8. The Morgan fingerprint density at radius 1 is 1.50 bits per heavy atom. The lowest BCUT2D eigenvalue weighted by Gasteiger charge is -2.09. The monoisotopic (exact) mass is 312 g/mol. The van der Waals surface area contributed by atoms with E-state index in [0.29, 0.717) is 6.42 Å². The SMILES string of the molecule is CCCn1ncc(Br)c1C(=O)CCC1CCCC1. The number of aromatic nitrogens is 2. The van der Waals surface area contributed by atoms with Gasteiger partial charge in [0, 0.05) is 13.0 Å². The van der Waals surface area contributed by atoms with Crippen molar-refractivity contribution in [2.24, 2.45) is 5.92 Å². The molecule has 0 aliphatic heterocycles. The molecule has 0 spiro atoms. The lowest BCUT2D eigenvalue weighted by Crippen LogP contribution is -2.12. The molecule has 0 N–H and O–H groups in total. The van der Waals surface area contributed by atoms with E-state index in [9.17, 15) is 4.79 Å². The van der Waals surface area contributed by atoms with Gasteiger partial charge in [-0.1, -0.05) is 32.6 Å². The zero-order valence-corrected chi connectivity index (χ0v) is 12.6. The molecule has 1 aromatic heterocycles. The summed E-state index contributed by atoms with van der Waals surface area (Å²) in [5.41, 5.74) is 0.759. The number of nitrogens with zero attached hydrogens (tertiary/aromatic N) is 2. The molecule has 2 rings (SSSR count). The van der Waals surface area contributed by atoms with Crippen molar-refractivity contribution in [3.05, 3.63) is 16.4 Å². The maximum atomic E-state index is 12.3. The number of rotatable bonds is 6. The zero-order chi connectivity index (χ0) is 13.0. The lowest BCUT2D eigenvalue weighted by molar-refractivity contribution is 0.0962. The standard InChI is InChI=1S/C14H21BrN2O/c1-2-9-17-14(12(15)10-16-17)13(18)8-7-11-5-3-4-6-11/h10-11H,2-9H2,1H3. The predicted octanol–water partition coefficient (Wildman–Crippen LogP) is 4.21. The number of aryl methyl sites for hydroxylation is 1. The molecular formula is C14H21BrN2O. The third-order valence-corrected chi connectivity index (χ3v) is 4.33. The highest BCUT2D eigenvalue weighted by Crippen LogP contribution is 2.29. The van der Waals surface area contributed by atoms with Crippen molar-refractivity contribution in [2.45, 2.75) is 58.4 Å². The molecule has 100 valence electrons. The van der Waals surface area contributed by atoms with Gasteiger partial charge in [0.1, 0.15) is 5.69 Å². The zero-order valence-electron chi connectivity index (χ0n) is 11.0. The maximum Gasteiger partial charge on any atom is 0.182 e. The first-order valence-corrected chi connectivity index (χ1v) is 7.76. The fourth-order valence-corrected chi connectivity index (χ4v) is 3.29. The van der Waals surface area contributed by atoms with Crippen molar-refractivity contribution in [3.63, 3.8) is 0 Å². The van der Waals surface area contributed by atoms with Crippen LogP contribution >= 0.6 is 15.9 Å². The van der Waals surface area contributed by atoms with Gasteiger partial charge in [-0.2, -0.15) is 5.10 Å². The van der Waals surface area contributed by atoms with Crippen LogP contribution in [0.4, 0.5) is 0 Å². The summed E-state index contributed by atoms with van der Waals surface area (Å²) in [4.78, 5) is 12.3. The van der Waals surface area contributed by atoms with E-state index in [2.05, 4.69) is 28.0 Å². The molecule has 18 heavy (non-hydrogen) atoms. The smallest absolute Gasteiger partial charge is 0.182 e. The Morgan fingerprint density at radius 2 is 2.22 bits per heavy atom. The molecule has 1 aliphatic carbocycles. The fraction of sp³-hybridized carbons (Fsp3) is 0.714. The van der Waals surface area contributed by atoms with Gasteiger partial charge >= 0.3 is 0 Å². The molecule has 0 bridgehead atoms. The van der Waals surface area contributed by atoms with E-state index in [0.717, 1.165) is 35.5 Å². The van der Waals surface area contributed by atoms with E-state index in [1.807, 2.05) is 4.68 Å². The quantitative estimate of drug-likeness (QED) is 0.737. The first-order chi connectivity index (χ1) is 8.72. The van der Waals surface area contributed by atoms with Crippen LogP contribution < -0.4 is 0 Å². The van der Waals surface area contributed by atoms with Crippen LogP contribution in [0.25, 0.3) is 0 Å². The van der Waals surface area contributed by atoms with Gasteiger partial charge in [-0.05, 0) is 34.7 Å². The van der Waals surface area contributed by atoms with Gasteiger partial charge in [0.2, 0.25) is 0 Å². The predicted molar refractivity (Wildman–Crippen MR) is 75.7 cm³/mol. The normalized spacial score (nSPS) is 16.3. The van der Waals surface area contributed by atoms with Gasteiger partial charge in [0.25, 0.3) is 0 Å². The van der Waals surface area contributed by atoms with E-state index in [4.69, 9.17) is 0 Å². The van der Waals surface area contributed by atoms with E-state index in [1.165, 1.54) is 25.7 Å². The molecule has 0 saturated heterocycles. The molecule has 0 amide bonds. The number of ketones is 1. The van der Waals surface area contributed by atoms with Crippen LogP contribution in [0, 0.1) is 5.92 Å². The molecule has 1 heterocycles. The Balaban J connectivity index is 1.96. The highest BCUT2D eigenvalue weighted by Gasteiger charge is 2.20. The number of carbonyl (C=O) groups excluding carboxylic acids is 1. The number of hydrogen-bond donors (Lipinski definition) is 0. The number of hydrogen-bond acceptors (Lipinski definition) is 2. The van der Waals surface area contributed by atoms with Crippen molar-refractivity contribution < 1.29 is 4.79 Å². The summed E-state index contributed by atoms with van der Waals surface area (Å²) >= 11 is 3.44. The maximum absolute atomic E-state index is 12.3. The van der Waals surface area contributed by atoms with Gasteiger partial charge in [0.05, 0.1) is 10.7 Å². The summed E-state index contributed by atoms with van der Waals surface area (Å²) in [6, 6.07) is 0. The largest absolute Gasteiger partial charge is 0.292 e. The molecular weight excluding hydrogens is 292 g/mol. The third-order valence-electron chi connectivity index (χ3n) is 3.75. The van der Waals surface area contributed by atoms with E-state index in [1.54, 1.807) is 6.20 Å². The van der Waals surface area contributed by atoms with Gasteiger partial charge in [-0.15, -0.1) is 0 Å². The van der Waals surface area contributed by atoms with Crippen molar-refractivity contribution >= 4 is 21.7 Å². The average molecular weight is 313 g/mol. The average Bonchev–Trinajstić information content (AvgIpc) is 2.97. The second kappa shape index (κ2) is 6.50. The molecule has 4 heteroatoms. The van der Waals surface area contributed by atoms with E-state index < -0.39 is 0 Å².